The number of hydrogen-bond acceptors (Lipinski definition) is 5. The molecule has 0 heterocycles. The maximum absolute atomic E-state index is 10.5. The molecule has 0 atom stereocenters. The van der Waals surface area contributed by atoms with Crippen molar-refractivity contribution in [1.29, 1.82) is 5.26 Å². The lowest BCUT2D eigenvalue weighted by molar-refractivity contribution is -0.384. The summed E-state index contributed by atoms with van der Waals surface area (Å²) in [5.41, 5.74) is 6.61. The normalized spacial score (nSPS) is 11.3. The van der Waals surface area contributed by atoms with Gasteiger partial charge in [-0.1, -0.05) is 12.2 Å². The number of non-ortho nitro benzene ring substituents is 1. The molecule has 0 aliphatic heterocycles. The van der Waals surface area contributed by atoms with Gasteiger partial charge in [-0.15, -0.1) is 0 Å². The van der Waals surface area contributed by atoms with E-state index >= 15 is 0 Å². The van der Waals surface area contributed by atoms with Crippen molar-refractivity contribution in [2.75, 3.05) is 0 Å². The van der Waals surface area contributed by atoms with Gasteiger partial charge in [0.25, 0.3) is 5.69 Å². The van der Waals surface area contributed by atoms with Crippen LogP contribution in [0.4, 0.5) is 5.69 Å². The summed E-state index contributed by atoms with van der Waals surface area (Å²) in [4.78, 5) is 10.3. The Morgan fingerprint density at radius 1 is 1.47 bits per heavy atom. The molecule has 0 bridgehead atoms. The number of nitriles is 1. The van der Waals surface area contributed by atoms with Gasteiger partial charge in [-0.2, -0.15) is 5.26 Å². The van der Waals surface area contributed by atoms with Crippen LogP contribution in [0, 0.1) is 21.4 Å². The largest absolute Gasteiger partial charge is 0.401 e. The zero-order chi connectivity index (χ0) is 13.0. The van der Waals surface area contributed by atoms with E-state index in [0.29, 0.717) is 16.1 Å². The highest BCUT2D eigenvalue weighted by Crippen LogP contribution is 2.16. The highest BCUT2D eigenvalue weighted by molar-refractivity contribution is 7.81. The minimum Gasteiger partial charge on any atom is -0.401 e. The zero-order valence-corrected chi connectivity index (χ0v) is 9.82. The van der Waals surface area contributed by atoms with Crippen molar-refractivity contribution in [2.45, 2.75) is 6.92 Å². The first-order valence-corrected chi connectivity index (χ1v) is 5.03. The third-order valence-electron chi connectivity index (χ3n) is 2.07. The fourth-order valence-electron chi connectivity index (χ4n) is 1.20. The summed E-state index contributed by atoms with van der Waals surface area (Å²) < 4.78 is 0. The molecule has 0 radical (unpaired) electrons. The van der Waals surface area contributed by atoms with Gasteiger partial charge in [0, 0.05) is 17.8 Å². The fraction of sp³-hybridized carbons (Fsp3) is 0.0909. The Morgan fingerprint density at radius 3 is 2.35 bits per heavy atom. The van der Waals surface area contributed by atoms with Gasteiger partial charge in [0.1, 0.15) is 6.07 Å². The molecule has 0 fully saturated rings. The van der Waals surface area contributed by atoms with Crippen LogP contribution in [0.15, 0.2) is 35.5 Å². The second kappa shape index (κ2) is 5.18. The number of nitrogens with zero attached hydrogens (tertiary/aromatic N) is 2. The molecule has 0 amide bonds. The summed E-state index contributed by atoms with van der Waals surface area (Å²) in [5, 5.41) is 19.4. The monoisotopic (exact) mass is 247 g/mol. The van der Waals surface area contributed by atoms with Crippen LogP contribution in [0.2, 0.25) is 0 Å². The Hall–Kier alpha value is -2.26. The molecule has 0 spiro atoms. The Kier molecular flexibility index (Phi) is 3.91. The number of nitro benzene ring substituents is 1. The van der Waals surface area contributed by atoms with Gasteiger partial charge in [-0.3, -0.25) is 10.1 Å². The number of thiocarbonyl (C=S) groups is 1. The van der Waals surface area contributed by atoms with E-state index in [0.717, 1.165) is 0 Å². The smallest absolute Gasteiger partial charge is 0.269 e. The van der Waals surface area contributed by atoms with Crippen LogP contribution in [0.3, 0.4) is 0 Å². The quantitative estimate of drug-likeness (QED) is 0.220. The van der Waals surface area contributed by atoms with Gasteiger partial charge in [-0.25, -0.2) is 0 Å². The lowest BCUT2D eigenvalue weighted by Crippen LogP contribution is -2.07. The summed E-state index contributed by atoms with van der Waals surface area (Å²) in [7, 11) is 0. The zero-order valence-electron chi connectivity index (χ0n) is 9.01. The van der Waals surface area contributed by atoms with Crippen LogP contribution in [0.1, 0.15) is 12.5 Å². The van der Waals surface area contributed by atoms with E-state index in [1.807, 2.05) is 6.07 Å². The summed E-state index contributed by atoms with van der Waals surface area (Å²) in [6.45, 7) is 1.58. The molecular weight excluding hydrogens is 238 g/mol. The van der Waals surface area contributed by atoms with Crippen LogP contribution >= 0.6 is 12.2 Å². The second-order valence-corrected chi connectivity index (χ2v) is 3.71. The van der Waals surface area contributed by atoms with Gasteiger partial charge < -0.3 is 5.73 Å². The van der Waals surface area contributed by atoms with E-state index in [1.165, 1.54) is 24.3 Å². The van der Waals surface area contributed by atoms with Crippen molar-refractivity contribution in [2.24, 2.45) is 5.73 Å². The van der Waals surface area contributed by atoms with Gasteiger partial charge >= 0.3 is 0 Å². The average Bonchev–Trinajstić information content (AvgIpc) is 2.29. The van der Waals surface area contributed by atoms with Crippen LogP contribution in [-0.2, 0) is 0 Å². The highest BCUT2D eigenvalue weighted by atomic mass is 32.1. The predicted octanol–water partition coefficient (Wildman–Crippen LogP) is 2.07. The highest BCUT2D eigenvalue weighted by Gasteiger charge is 2.11. The molecule has 0 aliphatic carbocycles. The van der Waals surface area contributed by atoms with Crippen molar-refractivity contribution in [3.8, 4) is 6.07 Å². The first kappa shape index (κ1) is 12.8. The van der Waals surface area contributed by atoms with Crippen LogP contribution in [0.25, 0.3) is 0 Å². The van der Waals surface area contributed by atoms with E-state index in [-0.39, 0.29) is 11.3 Å². The molecule has 0 aliphatic rings. The number of nitro groups is 1. The maximum Gasteiger partial charge on any atom is 0.269 e. The van der Waals surface area contributed by atoms with E-state index in [9.17, 15) is 10.1 Å². The predicted molar refractivity (Wildman–Crippen MR) is 67.3 cm³/mol. The van der Waals surface area contributed by atoms with E-state index < -0.39 is 4.92 Å². The molecule has 0 unspecified atom stereocenters. The number of rotatable bonds is 3. The SMILES string of the molecule is C/C(N)=C(\C#N)C(=S)c1ccc([N+](=O)[O-])cc1. The van der Waals surface area contributed by atoms with Crippen molar-refractivity contribution >= 4 is 22.8 Å². The number of hydrogen-bond donors (Lipinski definition) is 1. The lowest BCUT2D eigenvalue weighted by atomic mass is 10.0. The van der Waals surface area contributed by atoms with Crippen LogP contribution < -0.4 is 5.73 Å². The van der Waals surface area contributed by atoms with E-state index in [1.54, 1.807) is 6.92 Å². The molecule has 1 rings (SSSR count). The Balaban J connectivity index is 3.12. The number of allylic oxidation sites excluding steroid dienone is 2. The van der Waals surface area contributed by atoms with Gasteiger partial charge in [0.2, 0.25) is 0 Å². The first-order chi connectivity index (χ1) is 7.97. The second-order valence-electron chi connectivity index (χ2n) is 3.30. The molecule has 1 aromatic rings. The molecule has 86 valence electrons. The molecule has 6 heteroatoms. The maximum atomic E-state index is 10.5. The Bertz CT molecular complexity index is 537. The molecular formula is C11H9N3O2S. The Morgan fingerprint density at radius 2 is 2.00 bits per heavy atom. The van der Waals surface area contributed by atoms with Crippen LogP contribution in [-0.4, -0.2) is 9.79 Å². The van der Waals surface area contributed by atoms with E-state index in [2.05, 4.69) is 0 Å². The number of benzene rings is 1. The summed E-state index contributed by atoms with van der Waals surface area (Å²) in [6.07, 6.45) is 0. The van der Waals surface area contributed by atoms with Crippen molar-refractivity contribution < 1.29 is 4.92 Å². The lowest BCUT2D eigenvalue weighted by Gasteiger charge is -2.03. The molecule has 2 N–H and O–H groups in total. The summed E-state index contributed by atoms with van der Waals surface area (Å²) in [6, 6.07) is 7.59. The van der Waals surface area contributed by atoms with E-state index in [4.69, 9.17) is 23.2 Å². The molecule has 0 saturated carbocycles. The molecule has 17 heavy (non-hydrogen) atoms. The van der Waals surface area contributed by atoms with Crippen molar-refractivity contribution in [3.05, 3.63) is 51.2 Å². The van der Waals surface area contributed by atoms with Crippen molar-refractivity contribution in [3.63, 3.8) is 0 Å². The summed E-state index contributed by atoms with van der Waals surface area (Å²) >= 11 is 5.10. The topological polar surface area (TPSA) is 93.0 Å². The van der Waals surface area contributed by atoms with Gasteiger partial charge in [0.15, 0.2) is 0 Å². The minimum absolute atomic E-state index is 0.0245. The average molecular weight is 247 g/mol. The van der Waals surface area contributed by atoms with Gasteiger partial charge in [-0.05, 0) is 24.6 Å². The van der Waals surface area contributed by atoms with Gasteiger partial charge in [0.05, 0.1) is 15.4 Å². The molecule has 5 nitrogen and oxygen atoms in total. The van der Waals surface area contributed by atoms with Crippen molar-refractivity contribution in [1.82, 2.24) is 0 Å². The minimum atomic E-state index is -0.498. The summed E-state index contributed by atoms with van der Waals surface area (Å²) in [5.74, 6) is 0. The standard InChI is InChI=1S/C11H9N3O2S/c1-7(13)10(6-12)11(17)8-2-4-9(5-3-8)14(15)16/h2-5H,13H2,1H3/b10-7-. The first-order valence-electron chi connectivity index (χ1n) is 4.63. The molecule has 0 aromatic heterocycles. The third-order valence-corrected chi connectivity index (χ3v) is 2.51. The Labute approximate surface area is 103 Å². The fourth-order valence-corrected chi connectivity index (χ4v) is 1.54. The van der Waals surface area contributed by atoms with Crippen LogP contribution in [0.5, 0.6) is 0 Å². The number of nitrogens with two attached hydrogens (primary N) is 1. The third kappa shape index (κ3) is 2.86. The molecule has 0 saturated heterocycles. The molecule has 1 aromatic carbocycles.